The van der Waals surface area contributed by atoms with Crippen molar-refractivity contribution in [3.63, 3.8) is 0 Å². The molecule has 1 aliphatic carbocycles. The summed E-state index contributed by atoms with van der Waals surface area (Å²) in [6.07, 6.45) is 1.46. The van der Waals surface area contributed by atoms with Gasteiger partial charge in [-0.05, 0) is 50.4 Å². The van der Waals surface area contributed by atoms with Crippen molar-refractivity contribution in [2.45, 2.75) is 63.2 Å². The number of carbonyl (C=O) groups is 1. The van der Waals surface area contributed by atoms with E-state index in [9.17, 15) is 28.1 Å². The lowest BCUT2D eigenvalue weighted by molar-refractivity contribution is -0.388. The van der Waals surface area contributed by atoms with Gasteiger partial charge in [-0.15, -0.1) is 12.4 Å². The quantitative estimate of drug-likeness (QED) is 0.492. The van der Waals surface area contributed by atoms with Gasteiger partial charge in [-0.1, -0.05) is 18.9 Å². The maximum absolute atomic E-state index is 13.0. The van der Waals surface area contributed by atoms with Gasteiger partial charge in [0.15, 0.2) is 0 Å². The Morgan fingerprint density at radius 3 is 2.43 bits per heavy atom. The topological polar surface area (TPSA) is 66.7 Å². The monoisotopic (exact) mass is 449 g/mol. The van der Waals surface area contributed by atoms with Gasteiger partial charge < -0.3 is 4.90 Å². The largest absolute Gasteiger partial charge is 0.422 e. The Labute approximate surface area is 180 Å². The highest BCUT2D eigenvalue weighted by atomic mass is 35.5. The first-order valence-electron chi connectivity index (χ1n) is 10.0. The molecule has 3 rings (SSSR count). The molecule has 1 aromatic rings. The molecule has 0 aromatic heterocycles. The van der Waals surface area contributed by atoms with Gasteiger partial charge in [0.05, 0.1) is 11.3 Å². The van der Waals surface area contributed by atoms with Gasteiger partial charge in [0.1, 0.15) is 5.56 Å². The van der Waals surface area contributed by atoms with Crippen LogP contribution in [0.25, 0.3) is 0 Å². The number of benzene rings is 1. The van der Waals surface area contributed by atoms with E-state index in [0.717, 1.165) is 63.7 Å². The predicted molar refractivity (Wildman–Crippen MR) is 109 cm³/mol. The van der Waals surface area contributed by atoms with Gasteiger partial charge in [0.25, 0.3) is 5.69 Å². The third kappa shape index (κ3) is 5.43. The van der Waals surface area contributed by atoms with E-state index in [0.29, 0.717) is 12.1 Å². The maximum Gasteiger partial charge on any atom is 0.422 e. The second kappa shape index (κ2) is 9.96. The summed E-state index contributed by atoms with van der Waals surface area (Å²) in [5.74, 6) is -0.227. The first kappa shape index (κ1) is 24.4. The molecule has 30 heavy (non-hydrogen) atoms. The zero-order chi connectivity index (χ0) is 21.2. The lowest BCUT2D eigenvalue weighted by atomic mass is 9.88. The molecule has 0 bridgehead atoms. The van der Waals surface area contributed by atoms with E-state index in [-0.39, 0.29) is 36.3 Å². The van der Waals surface area contributed by atoms with Crippen LogP contribution >= 0.6 is 12.4 Å². The van der Waals surface area contributed by atoms with E-state index in [4.69, 9.17) is 0 Å². The van der Waals surface area contributed by atoms with Crippen LogP contribution in [0.4, 0.5) is 18.9 Å². The number of hydrogen-bond donors (Lipinski definition) is 0. The second-order valence-electron chi connectivity index (χ2n) is 7.95. The minimum Gasteiger partial charge on any atom is -0.341 e. The summed E-state index contributed by atoms with van der Waals surface area (Å²) in [4.78, 5) is 27.0. The summed E-state index contributed by atoms with van der Waals surface area (Å²) >= 11 is 0. The lowest BCUT2D eigenvalue weighted by Gasteiger charge is -2.42. The minimum absolute atomic E-state index is 0. The number of amides is 1. The van der Waals surface area contributed by atoms with Gasteiger partial charge in [-0.25, -0.2) is 0 Å². The van der Waals surface area contributed by atoms with Crippen molar-refractivity contribution in [2.75, 3.05) is 20.1 Å². The smallest absolute Gasteiger partial charge is 0.341 e. The zero-order valence-corrected chi connectivity index (χ0v) is 17.7. The normalized spacial score (nSPS) is 22.4. The van der Waals surface area contributed by atoms with Crippen LogP contribution in [0.15, 0.2) is 18.2 Å². The average molecular weight is 450 g/mol. The molecule has 0 unspecified atom stereocenters. The van der Waals surface area contributed by atoms with E-state index in [1.54, 1.807) is 11.9 Å². The highest BCUT2D eigenvalue weighted by Crippen LogP contribution is 2.36. The third-order valence-corrected chi connectivity index (χ3v) is 6.11. The van der Waals surface area contributed by atoms with E-state index >= 15 is 0 Å². The molecule has 168 valence electrons. The third-order valence-electron chi connectivity index (χ3n) is 6.11. The Hall–Kier alpha value is -1.87. The SMILES string of the molecule is CN(C(=O)Cc1ccc(C(F)(F)F)c([N+](=O)[O-])c1)[C@@H]1CCCC[C@H]1N1CCCC1.Cl. The van der Waals surface area contributed by atoms with Gasteiger partial charge in [0, 0.05) is 25.2 Å². The standard InChI is InChI=1S/C20H26F3N3O3.ClH/c1-24(16-6-2-3-7-17(16)25-10-4-5-11-25)19(27)13-14-8-9-15(20(21,22)23)18(12-14)26(28)29;/h8-9,12,16-17H,2-7,10-11,13H2,1H3;1H/t16-,17-;/m1./s1. The fourth-order valence-corrected chi connectivity index (χ4v) is 4.60. The highest BCUT2D eigenvalue weighted by molar-refractivity contribution is 5.85. The van der Waals surface area contributed by atoms with E-state index in [1.807, 2.05) is 0 Å². The summed E-state index contributed by atoms with van der Waals surface area (Å²) in [5.41, 5.74) is -2.10. The molecule has 0 radical (unpaired) electrons. The van der Waals surface area contributed by atoms with E-state index < -0.39 is 22.4 Å². The van der Waals surface area contributed by atoms with Gasteiger partial charge >= 0.3 is 6.18 Å². The molecule has 1 aromatic carbocycles. The Kier molecular flexibility index (Phi) is 8.10. The summed E-state index contributed by atoms with van der Waals surface area (Å²) in [6.45, 7) is 2.07. The molecule has 0 spiro atoms. The number of carbonyl (C=O) groups excluding carboxylic acids is 1. The van der Waals surface area contributed by atoms with Crippen LogP contribution in [0, 0.1) is 10.1 Å². The zero-order valence-electron chi connectivity index (χ0n) is 16.9. The van der Waals surface area contributed by atoms with Crippen LogP contribution in [0.2, 0.25) is 0 Å². The average Bonchev–Trinajstić information content (AvgIpc) is 3.21. The van der Waals surface area contributed by atoms with Crippen molar-refractivity contribution in [1.29, 1.82) is 0 Å². The van der Waals surface area contributed by atoms with Crippen molar-refractivity contribution in [2.24, 2.45) is 0 Å². The maximum atomic E-state index is 13.0. The molecule has 0 N–H and O–H groups in total. The molecule has 1 heterocycles. The molecular formula is C20H27ClF3N3O3. The minimum atomic E-state index is -4.81. The van der Waals surface area contributed by atoms with Crippen LogP contribution in [0.3, 0.4) is 0 Å². The summed E-state index contributed by atoms with van der Waals surface area (Å²) < 4.78 is 38.9. The number of likely N-dealkylation sites (N-methyl/N-ethyl adjacent to an activating group) is 1. The molecule has 10 heteroatoms. The molecule has 1 saturated heterocycles. The van der Waals surface area contributed by atoms with Crippen molar-refractivity contribution < 1.29 is 22.9 Å². The number of nitro benzene ring substituents is 1. The van der Waals surface area contributed by atoms with Crippen LogP contribution in [-0.4, -0.2) is 52.9 Å². The highest BCUT2D eigenvalue weighted by Gasteiger charge is 2.39. The van der Waals surface area contributed by atoms with Crippen LogP contribution < -0.4 is 0 Å². The first-order valence-corrected chi connectivity index (χ1v) is 10.0. The molecule has 2 fully saturated rings. The summed E-state index contributed by atoms with van der Waals surface area (Å²) in [6, 6.07) is 3.09. The number of rotatable bonds is 5. The molecule has 1 amide bonds. The lowest BCUT2D eigenvalue weighted by Crippen LogP contribution is -2.53. The van der Waals surface area contributed by atoms with Crippen LogP contribution in [0.5, 0.6) is 0 Å². The second-order valence-corrected chi connectivity index (χ2v) is 7.95. The fourth-order valence-electron chi connectivity index (χ4n) is 4.60. The molecule has 1 saturated carbocycles. The van der Waals surface area contributed by atoms with Gasteiger partial charge in [-0.3, -0.25) is 19.8 Å². The van der Waals surface area contributed by atoms with Crippen LogP contribution in [-0.2, 0) is 17.4 Å². The number of hydrogen-bond acceptors (Lipinski definition) is 4. The first-order chi connectivity index (χ1) is 13.7. The Morgan fingerprint density at radius 2 is 1.83 bits per heavy atom. The summed E-state index contributed by atoms with van der Waals surface area (Å²) in [5, 5.41) is 11.1. The molecule has 1 aliphatic heterocycles. The molecule has 6 nitrogen and oxygen atoms in total. The van der Waals surface area contributed by atoms with E-state index in [1.165, 1.54) is 0 Å². The molecule has 2 aliphatic rings. The van der Waals surface area contributed by atoms with Crippen molar-refractivity contribution in [3.8, 4) is 0 Å². The van der Waals surface area contributed by atoms with Gasteiger partial charge in [-0.2, -0.15) is 13.2 Å². The Morgan fingerprint density at radius 1 is 1.20 bits per heavy atom. The Bertz CT molecular complexity index is 769. The number of halogens is 4. The number of nitro groups is 1. The summed E-state index contributed by atoms with van der Waals surface area (Å²) in [7, 11) is 1.74. The van der Waals surface area contributed by atoms with Crippen LogP contribution in [0.1, 0.15) is 49.7 Å². The number of likely N-dealkylation sites (tertiary alicyclic amines) is 1. The molecule has 2 atom stereocenters. The number of alkyl halides is 3. The molecular weight excluding hydrogens is 423 g/mol. The fraction of sp³-hybridized carbons (Fsp3) is 0.650. The van der Waals surface area contributed by atoms with Crippen molar-refractivity contribution >= 4 is 24.0 Å². The Balaban J connectivity index is 0.00000320. The van der Waals surface area contributed by atoms with E-state index in [2.05, 4.69) is 4.90 Å². The van der Waals surface area contributed by atoms with Crippen molar-refractivity contribution in [3.05, 3.63) is 39.4 Å². The van der Waals surface area contributed by atoms with Crippen molar-refractivity contribution in [1.82, 2.24) is 9.80 Å². The number of nitrogens with zero attached hydrogens (tertiary/aromatic N) is 3. The van der Waals surface area contributed by atoms with Gasteiger partial charge in [0.2, 0.25) is 5.91 Å². The predicted octanol–water partition coefficient (Wildman–Crippen LogP) is 4.44.